The Kier molecular flexibility index (Phi) is 8.64. The van der Waals surface area contributed by atoms with Crippen LogP contribution in [0.3, 0.4) is 0 Å². The number of amides is 1. The SMILES string of the molecule is O=C(O)CCNC(=O)c1ccc(CN(c2ccc(Br)cc2)c2ncc(-c3ccc(Cl)c(Cl)c3)s2)cc1. The van der Waals surface area contributed by atoms with Crippen LogP contribution in [0.1, 0.15) is 22.3 Å². The van der Waals surface area contributed by atoms with Crippen LogP contribution in [0.15, 0.2) is 77.4 Å². The van der Waals surface area contributed by atoms with Crippen molar-refractivity contribution in [1.82, 2.24) is 10.3 Å². The van der Waals surface area contributed by atoms with Crippen LogP contribution < -0.4 is 10.2 Å². The fourth-order valence-corrected chi connectivity index (χ4v) is 4.89. The summed E-state index contributed by atoms with van der Waals surface area (Å²) >= 11 is 17.3. The van der Waals surface area contributed by atoms with Gasteiger partial charge in [-0.1, -0.05) is 68.7 Å². The van der Waals surface area contributed by atoms with Crippen LogP contribution in [-0.4, -0.2) is 28.5 Å². The summed E-state index contributed by atoms with van der Waals surface area (Å²) in [5.74, 6) is -1.26. The lowest BCUT2D eigenvalue weighted by Crippen LogP contribution is -2.26. The Bertz CT molecular complexity index is 1380. The first-order chi connectivity index (χ1) is 17.3. The third-order valence-corrected chi connectivity index (χ3v) is 7.59. The lowest BCUT2D eigenvalue weighted by molar-refractivity contribution is -0.136. The van der Waals surface area contributed by atoms with Crippen LogP contribution >= 0.6 is 50.5 Å². The van der Waals surface area contributed by atoms with Crippen LogP contribution in [0.4, 0.5) is 10.8 Å². The standard InChI is InChI=1S/C26H20BrCl2N3O3S/c27-19-6-8-20(9-7-19)32(26-31-14-23(36-26)18-5-10-21(28)22(29)13-18)15-16-1-3-17(4-2-16)25(35)30-12-11-24(33)34/h1-10,13-14H,11-12,15H2,(H,30,35)(H,33,34). The first kappa shape index (κ1) is 26.2. The molecule has 0 saturated carbocycles. The van der Waals surface area contributed by atoms with Crippen molar-refractivity contribution < 1.29 is 14.7 Å². The van der Waals surface area contributed by atoms with E-state index < -0.39 is 5.97 Å². The maximum absolute atomic E-state index is 12.3. The van der Waals surface area contributed by atoms with Gasteiger partial charge in [-0.05, 0) is 59.7 Å². The number of benzene rings is 3. The van der Waals surface area contributed by atoms with Gasteiger partial charge in [0.15, 0.2) is 5.13 Å². The molecule has 10 heteroatoms. The highest BCUT2D eigenvalue weighted by Crippen LogP contribution is 2.37. The Morgan fingerprint density at radius 2 is 1.72 bits per heavy atom. The molecule has 0 aliphatic heterocycles. The lowest BCUT2D eigenvalue weighted by Gasteiger charge is -2.22. The maximum atomic E-state index is 12.3. The second kappa shape index (κ2) is 11.9. The molecule has 0 fully saturated rings. The van der Waals surface area contributed by atoms with Gasteiger partial charge in [-0.25, -0.2) is 4.98 Å². The van der Waals surface area contributed by atoms with Crippen molar-refractivity contribution in [2.24, 2.45) is 0 Å². The Morgan fingerprint density at radius 1 is 1.00 bits per heavy atom. The number of carboxylic acid groups (broad SMARTS) is 1. The molecule has 0 saturated heterocycles. The van der Waals surface area contributed by atoms with Crippen molar-refractivity contribution in [3.05, 3.63) is 98.6 Å². The first-order valence-electron chi connectivity index (χ1n) is 10.8. The van der Waals surface area contributed by atoms with Gasteiger partial charge in [0.2, 0.25) is 0 Å². The molecule has 3 aromatic carbocycles. The number of anilines is 2. The Hall–Kier alpha value is -2.91. The molecule has 0 atom stereocenters. The van der Waals surface area contributed by atoms with Gasteiger partial charge in [0.1, 0.15) is 0 Å². The first-order valence-corrected chi connectivity index (χ1v) is 13.2. The molecule has 0 spiro atoms. The number of nitrogens with zero attached hydrogens (tertiary/aromatic N) is 2. The smallest absolute Gasteiger partial charge is 0.305 e. The zero-order valence-corrected chi connectivity index (χ0v) is 22.7. The lowest BCUT2D eigenvalue weighted by atomic mass is 10.1. The minimum atomic E-state index is -0.955. The zero-order chi connectivity index (χ0) is 25.7. The third-order valence-electron chi connectivity index (χ3n) is 5.25. The summed E-state index contributed by atoms with van der Waals surface area (Å²) in [6.45, 7) is 0.606. The number of carbonyl (C=O) groups is 2. The number of aromatic nitrogens is 1. The molecule has 2 N–H and O–H groups in total. The van der Waals surface area contributed by atoms with Gasteiger partial charge in [-0.15, -0.1) is 0 Å². The molecular formula is C26H20BrCl2N3O3S. The maximum Gasteiger partial charge on any atom is 0.305 e. The average Bonchev–Trinajstić information content (AvgIpc) is 3.35. The summed E-state index contributed by atoms with van der Waals surface area (Å²) in [5, 5.41) is 13.1. The van der Waals surface area contributed by atoms with Crippen molar-refractivity contribution in [3.8, 4) is 10.4 Å². The number of carboxylic acids is 1. The molecule has 0 aliphatic carbocycles. The molecule has 1 amide bonds. The van der Waals surface area contributed by atoms with Gasteiger partial charge in [0.25, 0.3) is 5.91 Å². The monoisotopic (exact) mass is 603 g/mol. The summed E-state index contributed by atoms with van der Waals surface area (Å²) in [5.41, 5.74) is 3.34. The second-order valence-electron chi connectivity index (χ2n) is 7.80. The van der Waals surface area contributed by atoms with Crippen LogP contribution in [0.25, 0.3) is 10.4 Å². The summed E-state index contributed by atoms with van der Waals surface area (Å²) in [6, 6.07) is 20.7. The van der Waals surface area contributed by atoms with E-state index in [1.165, 1.54) is 11.3 Å². The van der Waals surface area contributed by atoms with Crippen LogP contribution in [0, 0.1) is 0 Å². The summed E-state index contributed by atoms with van der Waals surface area (Å²) in [6.07, 6.45) is 1.69. The molecule has 6 nitrogen and oxygen atoms in total. The van der Waals surface area contributed by atoms with E-state index in [9.17, 15) is 9.59 Å². The molecule has 1 aromatic heterocycles. The molecule has 4 rings (SSSR count). The molecule has 0 radical (unpaired) electrons. The number of hydrogen-bond donors (Lipinski definition) is 2. The number of nitrogens with one attached hydrogen (secondary N) is 1. The molecule has 0 aliphatic rings. The van der Waals surface area contributed by atoms with Crippen molar-refractivity contribution in [2.45, 2.75) is 13.0 Å². The topological polar surface area (TPSA) is 82.5 Å². The minimum absolute atomic E-state index is 0.0818. The predicted octanol–water partition coefficient (Wildman–Crippen LogP) is 7.42. The molecule has 1 heterocycles. The van der Waals surface area contributed by atoms with Crippen LogP contribution in [-0.2, 0) is 11.3 Å². The van der Waals surface area contributed by atoms with E-state index in [1.54, 1.807) is 18.2 Å². The van der Waals surface area contributed by atoms with Crippen molar-refractivity contribution in [1.29, 1.82) is 0 Å². The number of carbonyl (C=O) groups excluding carboxylic acids is 1. The molecule has 0 unspecified atom stereocenters. The Morgan fingerprint density at radius 3 is 2.39 bits per heavy atom. The fraction of sp³-hybridized carbons (Fsp3) is 0.115. The quantitative estimate of drug-likeness (QED) is 0.208. The molecule has 184 valence electrons. The van der Waals surface area contributed by atoms with E-state index >= 15 is 0 Å². The van der Waals surface area contributed by atoms with E-state index in [-0.39, 0.29) is 18.9 Å². The van der Waals surface area contributed by atoms with E-state index in [1.807, 2.05) is 54.7 Å². The Balaban J connectivity index is 1.57. The van der Waals surface area contributed by atoms with E-state index in [0.29, 0.717) is 22.2 Å². The van der Waals surface area contributed by atoms with Gasteiger partial charge in [-0.3, -0.25) is 9.59 Å². The van der Waals surface area contributed by atoms with E-state index in [0.717, 1.165) is 31.3 Å². The van der Waals surface area contributed by atoms with Crippen LogP contribution in [0.5, 0.6) is 0 Å². The van der Waals surface area contributed by atoms with Gasteiger partial charge in [-0.2, -0.15) is 0 Å². The molecule has 0 bridgehead atoms. The zero-order valence-electron chi connectivity index (χ0n) is 18.7. The third kappa shape index (κ3) is 6.64. The van der Waals surface area contributed by atoms with E-state index in [2.05, 4.69) is 31.1 Å². The molecular weight excluding hydrogens is 585 g/mol. The van der Waals surface area contributed by atoms with Crippen LogP contribution in [0.2, 0.25) is 10.0 Å². The fourth-order valence-electron chi connectivity index (χ4n) is 3.39. The largest absolute Gasteiger partial charge is 0.481 e. The predicted molar refractivity (Wildman–Crippen MR) is 149 cm³/mol. The van der Waals surface area contributed by atoms with Gasteiger partial charge >= 0.3 is 5.97 Å². The Labute approximate surface area is 230 Å². The number of rotatable bonds is 9. The second-order valence-corrected chi connectivity index (χ2v) is 10.5. The van der Waals surface area contributed by atoms with Gasteiger partial charge in [0, 0.05) is 28.5 Å². The normalized spacial score (nSPS) is 10.8. The van der Waals surface area contributed by atoms with E-state index in [4.69, 9.17) is 28.3 Å². The number of thiazole rings is 1. The highest BCUT2D eigenvalue weighted by atomic mass is 79.9. The average molecular weight is 605 g/mol. The summed E-state index contributed by atoms with van der Waals surface area (Å²) in [7, 11) is 0. The molecule has 4 aromatic rings. The number of hydrogen-bond acceptors (Lipinski definition) is 5. The highest BCUT2D eigenvalue weighted by molar-refractivity contribution is 9.10. The van der Waals surface area contributed by atoms with Crippen molar-refractivity contribution in [3.63, 3.8) is 0 Å². The summed E-state index contributed by atoms with van der Waals surface area (Å²) < 4.78 is 0.972. The molecule has 36 heavy (non-hydrogen) atoms. The van der Waals surface area contributed by atoms with Gasteiger partial charge < -0.3 is 15.3 Å². The number of halogens is 3. The number of aliphatic carboxylic acids is 1. The van der Waals surface area contributed by atoms with Crippen molar-refractivity contribution >= 4 is 73.2 Å². The minimum Gasteiger partial charge on any atom is -0.481 e. The highest BCUT2D eigenvalue weighted by Gasteiger charge is 2.16. The van der Waals surface area contributed by atoms with Crippen molar-refractivity contribution in [2.75, 3.05) is 11.4 Å². The van der Waals surface area contributed by atoms with Gasteiger partial charge in [0.05, 0.1) is 27.9 Å². The summed E-state index contributed by atoms with van der Waals surface area (Å²) in [4.78, 5) is 30.7.